The molecule has 2 N–H and O–H groups in total. The molecule has 0 aromatic carbocycles. The molecular formula is C16H18FN5O. The molecule has 1 fully saturated rings. The smallest absolute Gasteiger partial charge is 0.271 e. The van der Waals surface area contributed by atoms with Crippen molar-refractivity contribution in [1.82, 2.24) is 20.5 Å². The molecular weight excluding hydrogens is 297 g/mol. The van der Waals surface area contributed by atoms with Crippen molar-refractivity contribution in [2.75, 3.05) is 18.9 Å². The van der Waals surface area contributed by atoms with Gasteiger partial charge in [-0.05, 0) is 37.1 Å². The minimum Gasteiger partial charge on any atom is -0.368 e. The Labute approximate surface area is 133 Å². The molecule has 2 heterocycles. The van der Waals surface area contributed by atoms with E-state index in [2.05, 4.69) is 25.8 Å². The number of amides is 1. The molecule has 7 heteroatoms. The van der Waals surface area contributed by atoms with Crippen LogP contribution in [0.25, 0.3) is 0 Å². The molecule has 1 amide bonds. The Kier molecular flexibility index (Phi) is 4.18. The molecule has 0 spiro atoms. The van der Waals surface area contributed by atoms with E-state index in [1.54, 1.807) is 24.4 Å². The first kappa shape index (κ1) is 15.3. The number of hydrogen-bond donors (Lipinski definition) is 2. The first-order valence-electron chi connectivity index (χ1n) is 7.55. The Balaban J connectivity index is 1.71. The van der Waals surface area contributed by atoms with Gasteiger partial charge in [-0.1, -0.05) is 6.42 Å². The number of halogens is 1. The summed E-state index contributed by atoms with van der Waals surface area (Å²) >= 11 is 0. The van der Waals surface area contributed by atoms with Crippen LogP contribution in [0.4, 0.5) is 10.2 Å². The van der Waals surface area contributed by atoms with Gasteiger partial charge >= 0.3 is 0 Å². The minimum atomic E-state index is -0.299. The first-order valence-corrected chi connectivity index (χ1v) is 7.55. The Morgan fingerprint density at radius 3 is 2.70 bits per heavy atom. The van der Waals surface area contributed by atoms with Gasteiger partial charge in [0.25, 0.3) is 5.91 Å². The number of aromatic nitrogens is 3. The van der Waals surface area contributed by atoms with Gasteiger partial charge in [0.1, 0.15) is 11.6 Å². The second-order valence-corrected chi connectivity index (χ2v) is 5.70. The minimum absolute atomic E-state index is 0.257. The van der Waals surface area contributed by atoms with Gasteiger partial charge in [-0.2, -0.15) is 0 Å². The van der Waals surface area contributed by atoms with Gasteiger partial charge in [0.2, 0.25) is 0 Å². The molecule has 0 atom stereocenters. The highest BCUT2D eigenvalue weighted by Crippen LogP contribution is 2.43. The molecule has 23 heavy (non-hydrogen) atoms. The lowest BCUT2D eigenvalue weighted by molar-refractivity contribution is 0.0957. The highest BCUT2D eigenvalue weighted by atomic mass is 19.1. The van der Waals surface area contributed by atoms with Crippen molar-refractivity contribution in [3.63, 3.8) is 0 Å². The second-order valence-electron chi connectivity index (χ2n) is 5.70. The van der Waals surface area contributed by atoms with Gasteiger partial charge in [0, 0.05) is 25.2 Å². The third-order valence-electron chi connectivity index (χ3n) is 4.30. The Morgan fingerprint density at radius 2 is 2.13 bits per heavy atom. The molecule has 1 aliphatic carbocycles. The van der Waals surface area contributed by atoms with Crippen molar-refractivity contribution >= 4 is 11.7 Å². The van der Waals surface area contributed by atoms with Crippen LogP contribution in [0.2, 0.25) is 0 Å². The van der Waals surface area contributed by atoms with Crippen LogP contribution < -0.4 is 10.6 Å². The molecule has 0 unspecified atom stereocenters. The predicted molar refractivity (Wildman–Crippen MR) is 83.6 cm³/mol. The summed E-state index contributed by atoms with van der Waals surface area (Å²) < 4.78 is 14.0. The summed E-state index contributed by atoms with van der Waals surface area (Å²) in [5, 5.41) is 13.5. The fourth-order valence-electron chi connectivity index (χ4n) is 2.81. The van der Waals surface area contributed by atoms with Crippen molar-refractivity contribution in [3.05, 3.63) is 47.7 Å². The maximum absolute atomic E-state index is 14.0. The maximum Gasteiger partial charge on any atom is 0.271 e. The Bertz CT molecular complexity index is 700. The molecule has 2 aromatic rings. The lowest BCUT2D eigenvalue weighted by Crippen LogP contribution is -2.42. The van der Waals surface area contributed by atoms with Crippen molar-refractivity contribution < 1.29 is 9.18 Å². The van der Waals surface area contributed by atoms with Crippen molar-refractivity contribution in [3.8, 4) is 0 Å². The molecule has 0 bridgehead atoms. The molecule has 0 radical (unpaired) electrons. The SMILES string of the molecule is CNC(=O)c1ccc(NCC2(c3ncccc3F)CCC2)nn1. The summed E-state index contributed by atoms with van der Waals surface area (Å²) in [5.41, 5.74) is 0.466. The number of anilines is 1. The summed E-state index contributed by atoms with van der Waals surface area (Å²) in [6.45, 7) is 0.537. The van der Waals surface area contributed by atoms with E-state index in [-0.39, 0.29) is 22.8 Å². The fourth-order valence-corrected chi connectivity index (χ4v) is 2.81. The van der Waals surface area contributed by atoms with Gasteiger partial charge in [0.05, 0.1) is 5.69 Å². The Hall–Kier alpha value is -2.57. The summed E-state index contributed by atoms with van der Waals surface area (Å²) in [4.78, 5) is 15.7. The average Bonchev–Trinajstić information content (AvgIpc) is 2.55. The number of pyridine rings is 1. The van der Waals surface area contributed by atoms with Crippen LogP contribution in [0.15, 0.2) is 30.5 Å². The van der Waals surface area contributed by atoms with E-state index in [9.17, 15) is 9.18 Å². The molecule has 2 aromatic heterocycles. The second kappa shape index (κ2) is 6.28. The third kappa shape index (κ3) is 2.99. The third-order valence-corrected chi connectivity index (χ3v) is 4.30. The van der Waals surface area contributed by atoms with E-state index in [1.807, 2.05) is 0 Å². The van der Waals surface area contributed by atoms with Gasteiger partial charge in [-0.25, -0.2) is 4.39 Å². The standard InChI is InChI=1S/C16H18FN5O/c1-18-15(23)12-5-6-13(22-21-12)20-10-16(7-3-8-16)14-11(17)4-2-9-19-14/h2,4-6,9H,3,7-8,10H2,1H3,(H,18,23)(H,20,22). The molecule has 3 rings (SSSR count). The van der Waals surface area contributed by atoms with E-state index in [0.29, 0.717) is 18.1 Å². The molecule has 6 nitrogen and oxygen atoms in total. The number of nitrogens with one attached hydrogen (secondary N) is 2. The predicted octanol–water partition coefficient (Wildman–Crippen LogP) is 1.90. The highest BCUT2D eigenvalue weighted by molar-refractivity contribution is 5.91. The Morgan fingerprint density at radius 1 is 1.30 bits per heavy atom. The largest absolute Gasteiger partial charge is 0.368 e. The van der Waals surface area contributed by atoms with Gasteiger partial charge in [0.15, 0.2) is 5.69 Å². The fraction of sp³-hybridized carbons (Fsp3) is 0.375. The van der Waals surface area contributed by atoms with Crippen molar-refractivity contribution in [2.24, 2.45) is 0 Å². The van der Waals surface area contributed by atoms with Crippen molar-refractivity contribution in [2.45, 2.75) is 24.7 Å². The molecule has 1 saturated carbocycles. The van der Waals surface area contributed by atoms with Crippen LogP contribution in [-0.2, 0) is 5.41 Å². The van der Waals surface area contributed by atoms with E-state index < -0.39 is 0 Å². The summed E-state index contributed by atoms with van der Waals surface area (Å²) in [6.07, 6.45) is 4.45. The number of rotatable bonds is 5. The lowest BCUT2D eigenvalue weighted by atomic mass is 9.66. The van der Waals surface area contributed by atoms with Gasteiger partial charge in [-0.15, -0.1) is 10.2 Å². The van der Waals surface area contributed by atoms with Gasteiger partial charge in [-0.3, -0.25) is 9.78 Å². The number of carbonyl (C=O) groups is 1. The van der Waals surface area contributed by atoms with Crippen molar-refractivity contribution in [1.29, 1.82) is 0 Å². The summed E-state index contributed by atoms with van der Waals surface area (Å²) in [7, 11) is 1.54. The molecule has 0 saturated heterocycles. The summed E-state index contributed by atoms with van der Waals surface area (Å²) in [6, 6.07) is 6.34. The highest BCUT2D eigenvalue weighted by Gasteiger charge is 2.41. The van der Waals surface area contributed by atoms with Crippen LogP contribution in [0.1, 0.15) is 35.4 Å². The van der Waals surface area contributed by atoms with Crippen LogP contribution in [0, 0.1) is 5.82 Å². The normalized spacial score (nSPS) is 15.6. The monoisotopic (exact) mass is 315 g/mol. The quantitative estimate of drug-likeness (QED) is 0.881. The molecule has 1 aliphatic rings. The van der Waals surface area contributed by atoms with E-state index in [0.717, 1.165) is 19.3 Å². The van der Waals surface area contributed by atoms with Gasteiger partial charge < -0.3 is 10.6 Å². The van der Waals surface area contributed by atoms with Crippen LogP contribution >= 0.6 is 0 Å². The van der Waals surface area contributed by atoms with Crippen LogP contribution in [0.5, 0.6) is 0 Å². The first-order chi connectivity index (χ1) is 11.1. The van der Waals surface area contributed by atoms with E-state index in [1.165, 1.54) is 13.1 Å². The summed E-state index contributed by atoms with van der Waals surface area (Å²) in [5.74, 6) is 0.00499. The number of hydrogen-bond acceptors (Lipinski definition) is 5. The number of carbonyl (C=O) groups excluding carboxylic acids is 1. The molecule has 0 aliphatic heterocycles. The zero-order valence-electron chi connectivity index (χ0n) is 12.8. The topological polar surface area (TPSA) is 79.8 Å². The molecule has 120 valence electrons. The van der Waals surface area contributed by atoms with E-state index >= 15 is 0 Å². The van der Waals surface area contributed by atoms with Crippen LogP contribution in [0.3, 0.4) is 0 Å². The average molecular weight is 315 g/mol. The maximum atomic E-state index is 14.0. The lowest BCUT2D eigenvalue weighted by Gasteiger charge is -2.41. The number of nitrogens with zero attached hydrogens (tertiary/aromatic N) is 3. The zero-order valence-corrected chi connectivity index (χ0v) is 12.8. The zero-order chi connectivity index (χ0) is 16.3. The van der Waals surface area contributed by atoms with E-state index in [4.69, 9.17) is 0 Å². The van der Waals surface area contributed by atoms with Crippen LogP contribution in [-0.4, -0.2) is 34.7 Å².